The first-order valence-electron chi connectivity index (χ1n) is 11.0. The summed E-state index contributed by atoms with van der Waals surface area (Å²) in [7, 11) is 0. The second-order valence-electron chi connectivity index (χ2n) is 10.9. The fraction of sp³-hybridized carbons (Fsp3) is 0.840. The lowest BCUT2D eigenvalue weighted by atomic mass is 9.64. The van der Waals surface area contributed by atoms with Crippen LogP contribution in [0.5, 0.6) is 0 Å². The summed E-state index contributed by atoms with van der Waals surface area (Å²) in [6.45, 7) is 25.4. The van der Waals surface area contributed by atoms with Gasteiger partial charge in [0.1, 0.15) is 12.4 Å². The smallest absolute Gasteiger partial charge is 0.114 e. The van der Waals surface area contributed by atoms with E-state index in [1.807, 2.05) is 0 Å². The molecule has 0 amide bonds. The molecule has 2 unspecified atom stereocenters. The van der Waals surface area contributed by atoms with Crippen LogP contribution >= 0.6 is 0 Å². The van der Waals surface area contributed by atoms with Crippen molar-refractivity contribution in [1.82, 2.24) is 0 Å². The van der Waals surface area contributed by atoms with Gasteiger partial charge in [-0.3, -0.25) is 0 Å². The first kappa shape index (κ1) is 22.5. The van der Waals surface area contributed by atoms with Crippen molar-refractivity contribution in [2.45, 2.75) is 106 Å². The van der Waals surface area contributed by atoms with Gasteiger partial charge in [0.05, 0.1) is 17.1 Å². The van der Waals surface area contributed by atoms with Crippen LogP contribution in [0, 0.1) is 22.2 Å². The van der Waals surface area contributed by atoms with E-state index in [0.29, 0.717) is 12.0 Å². The molecule has 1 saturated carbocycles. The van der Waals surface area contributed by atoms with E-state index in [4.69, 9.17) is 9.47 Å². The number of ether oxygens (including phenoxy) is 2. The minimum absolute atomic E-state index is 0.0218. The summed E-state index contributed by atoms with van der Waals surface area (Å²) >= 11 is 0. The van der Waals surface area contributed by atoms with Crippen LogP contribution in [0.4, 0.5) is 0 Å². The van der Waals surface area contributed by atoms with Gasteiger partial charge in [-0.05, 0) is 62.7 Å². The van der Waals surface area contributed by atoms with Gasteiger partial charge in [0.2, 0.25) is 0 Å². The lowest BCUT2D eigenvalue weighted by molar-refractivity contribution is -0.143. The van der Waals surface area contributed by atoms with Gasteiger partial charge in [0.25, 0.3) is 0 Å². The van der Waals surface area contributed by atoms with Gasteiger partial charge in [-0.15, -0.1) is 0 Å². The SMILES string of the molecule is C=C(OCC(C)OC1(CC)CCC(C)(C(C)C)CC1)C1(C(C)(C)C)C=C1C. The topological polar surface area (TPSA) is 18.5 Å². The quantitative estimate of drug-likeness (QED) is 0.327. The maximum Gasteiger partial charge on any atom is 0.114 e. The third-order valence-corrected chi connectivity index (χ3v) is 7.88. The zero-order valence-corrected chi connectivity index (χ0v) is 19.5. The van der Waals surface area contributed by atoms with Gasteiger partial charge in [0, 0.05) is 0 Å². The summed E-state index contributed by atoms with van der Waals surface area (Å²) in [5.41, 5.74) is 1.89. The molecule has 156 valence electrons. The molecule has 0 aromatic heterocycles. The molecule has 2 heteroatoms. The summed E-state index contributed by atoms with van der Waals surface area (Å²) in [6, 6.07) is 0. The molecule has 0 radical (unpaired) electrons. The van der Waals surface area contributed by atoms with Crippen LogP contribution < -0.4 is 0 Å². The summed E-state index contributed by atoms with van der Waals surface area (Å²) in [6.07, 6.45) is 8.30. The van der Waals surface area contributed by atoms with Gasteiger partial charge >= 0.3 is 0 Å². The minimum Gasteiger partial charge on any atom is -0.495 e. The van der Waals surface area contributed by atoms with Crippen LogP contribution in [0.15, 0.2) is 24.0 Å². The zero-order valence-electron chi connectivity index (χ0n) is 19.5. The normalized spacial score (nSPS) is 35.0. The zero-order chi connectivity index (χ0) is 20.7. The average Bonchev–Trinajstić information content (AvgIpc) is 3.28. The molecule has 0 aliphatic heterocycles. The Morgan fingerprint density at radius 2 is 1.67 bits per heavy atom. The largest absolute Gasteiger partial charge is 0.495 e. The van der Waals surface area contributed by atoms with Crippen LogP contribution in [-0.2, 0) is 9.47 Å². The van der Waals surface area contributed by atoms with Crippen LogP contribution in [0.1, 0.15) is 94.4 Å². The molecule has 0 aromatic carbocycles. The van der Waals surface area contributed by atoms with E-state index in [1.54, 1.807) is 0 Å². The Kier molecular flexibility index (Phi) is 6.32. The lowest BCUT2D eigenvalue weighted by Crippen LogP contribution is -2.44. The fourth-order valence-corrected chi connectivity index (χ4v) is 5.02. The second kappa shape index (κ2) is 7.58. The molecule has 2 aliphatic carbocycles. The molecule has 0 heterocycles. The Morgan fingerprint density at radius 3 is 2.04 bits per heavy atom. The molecule has 27 heavy (non-hydrogen) atoms. The van der Waals surface area contributed by atoms with E-state index < -0.39 is 0 Å². The van der Waals surface area contributed by atoms with E-state index in [9.17, 15) is 0 Å². The average molecular weight is 377 g/mol. The molecule has 2 rings (SSSR count). The number of hydrogen-bond donors (Lipinski definition) is 0. The van der Waals surface area contributed by atoms with Crippen LogP contribution in [0.2, 0.25) is 0 Å². The van der Waals surface area contributed by atoms with Gasteiger partial charge in [-0.1, -0.05) is 66.7 Å². The van der Waals surface area contributed by atoms with E-state index in [2.05, 4.69) is 75.0 Å². The number of allylic oxidation sites excluding steroid dienone is 1. The van der Waals surface area contributed by atoms with Crippen molar-refractivity contribution in [2.24, 2.45) is 22.2 Å². The Morgan fingerprint density at radius 1 is 1.15 bits per heavy atom. The maximum absolute atomic E-state index is 6.61. The molecule has 0 bridgehead atoms. The molecule has 0 spiro atoms. The highest BCUT2D eigenvalue weighted by molar-refractivity contribution is 5.48. The van der Waals surface area contributed by atoms with Crippen molar-refractivity contribution in [2.75, 3.05) is 6.61 Å². The predicted octanol–water partition coefficient (Wildman–Crippen LogP) is 7.30. The van der Waals surface area contributed by atoms with Gasteiger partial charge in [-0.25, -0.2) is 0 Å². The second-order valence-corrected chi connectivity index (χ2v) is 10.9. The third kappa shape index (κ3) is 4.31. The Hall–Kier alpha value is -0.760. The first-order valence-corrected chi connectivity index (χ1v) is 11.0. The van der Waals surface area contributed by atoms with Crippen molar-refractivity contribution in [3.8, 4) is 0 Å². The molecule has 2 nitrogen and oxygen atoms in total. The molecule has 2 atom stereocenters. The summed E-state index contributed by atoms with van der Waals surface area (Å²) in [4.78, 5) is 0. The van der Waals surface area contributed by atoms with Crippen molar-refractivity contribution in [1.29, 1.82) is 0 Å². The predicted molar refractivity (Wildman–Crippen MR) is 116 cm³/mol. The van der Waals surface area contributed by atoms with Crippen LogP contribution in [-0.4, -0.2) is 18.3 Å². The Bertz CT molecular complexity index is 570. The molecule has 1 fully saturated rings. The Balaban J connectivity index is 1.90. The lowest BCUT2D eigenvalue weighted by Gasteiger charge is -2.47. The van der Waals surface area contributed by atoms with Gasteiger partial charge in [-0.2, -0.15) is 0 Å². The van der Waals surface area contributed by atoms with E-state index in [1.165, 1.54) is 18.4 Å². The minimum atomic E-state index is -0.0704. The number of hydrogen-bond acceptors (Lipinski definition) is 2. The molecule has 0 saturated heterocycles. The van der Waals surface area contributed by atoms with Crippen molar-refractivity contribution < 1.29 is 9.47 Å². The van der Waals surface area contributed by atoms with E-state index in [0.717, 1.165) is 30.9 Å². The molecular formula is C25H44O2. The molecular weight excluding hydrogens is 332 g/mol. The standard InChI is InChI=1S/C25H44O2/c1-11-24(14-12-23(10,13-15-24)18(2)3)27-20(5)17-26-21(6)25(16-19(25)4)22(7,8)9/h16,18,20H,6,11-15,17H2,1-5,7-10H3. The van der Waals surface area contributed by atoms with Crippen molar-refractivity contribution >= 4 is 0 Å². The molecule has 2 aliphatic rings. The monoisotopic (exact) mass is 376 g/mol. The maximum atomic E-state index is 6.61. The highest BCUT2D eigenvalue weighted by Gasteiger charge is 2.54. The highest BCUT2D eigenvalue weighted by Crippen LogP contribution is 2.61. The summed E-state index contributed by atoms with van der Waals surface area (Å²) in [5.74, 6) is 1.61. The summed E-state index contributed by atoms with van der Waals surface area (Å²) < 4.78 is 12.8. The van der Waals surface area contributed by atoms with E-state index >= 15 is 0 Å². The Labute approximate surface area is 168 Å². The van der Waals surface area contributed by atoms with Gasteiger partial charge < -0.3 is 9.47 Å². The van der Waals surface area contributed by atoms with Crippen molar-refractivity contribution in [3.05, 3.63) is 24.0 Å². The van der Waals surface area contributed by atoms with E-state index in [-0.39, 0.29) is 22.5 Å². The molecule has 0 N–H and O–H groups in total. The van der Waals surface area contributed by atoms with Crippen LogP contribution in [0.3, 0.4) is 0 Å². The van der Waals surface area contributed by atoms with Gasteiger partial charge in [0.15, 0.2) is 0 Å². The number of rotatable bonds is 8. The summed E-state index contributed by atoms with van der Waals surface area (Å²) in [5, 5.41) is 0. The first-order chi connectivity index (χ1) is 12.3. The third-order valence-electron chi connectivity index (χ3n) is 7.88. The molecule has 0 aromatic rings. The van der Waals surface area contributed by atoms with Crippen LogP contribution in [0.25, 0.3) is 0 Å². The van der Waals surface area contributed by atoms with Crippen molar-refractivity contribution in [3.63, 3.8) is 0 Å². The highest BCUT2D eigenvalue weighted by atomic mass is 16.5. The fourth-order valence-electron chi connectivity index (χ4n) is 5.02.